The number of fused-ring (bicyclic) bond motifs is 1. The molecule has 2 heterocycles. The lowest BCUT2D eigenvalue weighted by molar-refractivity contribution is -0.174. The number of esters is 2. The van der Waals surface area contributed by atoms with E-state index in [9.17, 15) is 34.2 Å². The summed E-state index contributed by atoms with van der Waals surface area (Å²) in [5.41, 5.74) is 0. The van der Waals surface area contributed by atoms with Gasteiger partial charge in [0.15, 0.2) is 0 Å². The quantitative estimate of drug-likeness (QED) is 0.336. The molecule has 2 amide bonds. The molecular weight excluding hydrogens is 420 g/mol. The molecule has 11 nitrogen and oxygen atoms in total. The first-order valence-electron chi connectivity index (χ1n) is 9.47. The van der Waals surface area contributed by atoms with E-state index in [0.717, 1.165) is 9.80 Å². The lowest BCUT2D eigenvalue weighted by Crippen LogP contribution is -2.67. The van der Waals surface area contributed by atoms with E-state index in [4.69, 9.17) is 9.47 Å². The van der Waals surface area contributed by atoms with Crippen LogP contribution in [0.3, 0.4) is 0 Å². The molecule has 2 fully saturated rings. The maximum atomic E-state index is 12.8. The molecule has 2 saturated heterocycles. The van der Waals surface area contributed by atoms with E-state index >= 15 is 0 Å². The molecule has 0 bridgehead atoms. The molecular formula is C18H26N2O9S. The van der Waals surface area contributed by atoms with Gasteiger partial charge in [-0.25, -0.2) is 4.79 Å². The lowest BCUT2D eigenvalue weighted by atomic mass is 9.87. The second kappa shape index (κ2) is 9.21. The van der Waals surface area contributed by atoms with Gasteiger partial charge in [0.1, 0.15) is 31.2 Å². The zero-order valence-electron chi connectivity index (χ0n) is 17.2. The van der Waals surface area contributed by atoms with E-state index in [2.05, 4.69) is 0 Å². The molecule has 12 heteroatoms. The number of aliphatic hydroxyl groups is 1. The summed E-state index contributed by atoms with van der Waals surface area (Å²) >= 11 is 1.18. The highest BCUT2D eigenvalue weighted by Gasteiger charge is 2.66. The number of ether oxygens (including phenoxy) is 2. The number of hydrogen-bond acceptors (Lipinski definition) is 9. The van der Waals surface area contributed by atoms with E-state index in [1.54, 1.807) is 27.7 Å². The number of nitrogens with zero attached hydrogens (tertiary/aromatic N) is 2. The van der Waals surface area contributed by atoms with Crippen LogP contribution in [0.2, 0.25) is 0 Å². The molecule has 0 aromatic carbocycles. The number of carboxylic acid groups (broad SMARTS) is 1. The molecule has 4 atom stereocenters. The number of aliphatic carboxylic acids is 1. The number of rotatable bonds is 9. The molecule has 0 spiro atoms. The average molecular weight is 446 g/mol. The Labute approximate surface area is 177 Å². The van der Waals surface area contributed by atoms with Gasteiger partial charge in [0.05, 0.1) is 18.6 Å². The van der Waals surface area contributed by atoms with Crippen LogP contribution in [0.4, 0.5) is 0 Å². The third kappa shape index (κ3) is 4.53. The number of carboxylic acids is 1. The average Bonchev–Trinajstić information content (AvgIpc) is 2.88. The first-order chi connectivity index (χ1) is 14.0. The number of carbonyl (C=O) groups is 5. The summed E-state index contributed by atoms with van der Waals surface area (Å²) in [6.07, 6.45) is -1.85. The Kier molecular flexibility index (Phi) is 7.35. The van der Waals surface area contributed by atoms with Crippen LogP contribution in [-0.4, -0.2) is 98.3 Å². The summed E-state index contributed by atoms with van der Waals surface area (Å²) in [6, 6.07) is -1.09. The van der Waals surface area contributed by atoms with Crippen LogP contribution >= 0.6 is 11.8 Å². The molecule has 2 rings (SSSR count). The maximum Gasteiger partial charge on any atom is 0.327 e. The number of thioether (sulfide) groups is 1. The van der Waals surface area contributed by atoms with Gasteiger partial charge in [-0.2, -0.15) is 0 Å². The Morgan fingerprint density at radius 1 is 1.13 bits per heavy atom. The third-order valence-electron chi connectivity index (χ3n) is 4.87. The number of aliphatic hydroxyl groups excluding tert-OH is 1. The molecule has 2 aliphatic rings. The minimum atomic E-state index is -1.85. The van der Waals surface area contributed by atoms with E-state index in [-0.39, 0.29) is 13.2 Å². The van der Waals surface area contributed by atoms with Crippen LogP contribution in [-0.2, 0) is 33.4 Å². The Morgan fingerprint density at radius 2 is 1.63 bits per heavy atom. The van der Waals surface area contributed by atoms with Crippen molar-refractivity contribution in [2.45, 2.75) is 50.0 Å². The lowest BCUT2D eigenvalue weighted by Gasteiger charge is -2.45. The molecule has 2 N–H and O–H groups in total. The van der Waals surface area contributed by atoms with Crippen molar-refractivity contribution in [3.05, 3.63) is 0 Å². The van der Waals surface area contributed by atoms with E-state index in [0.29, 0.717) is 0 Å². The summed E-state index contributed by atoms with van der Waals surface area (Å²) in [4.78, 5) is 62.6. The largest absolute Gasteiger partial charge is 0.480 e. The molecule has 0 saturated carbocycles. The minimum Gasteiger partial charge on any atom is -0.480 e. The van der Waals surface area contributed by atoms with Gasteiger partial charge in [-0.15, -0.1) is 11.8 Å². The summed E-state index contributed by atoms with van der Waals surface area (Å²) in [7, 11) is 0. The fourth-order valence-electron chi connectivity index (χ4n) is 3.61. The number of amides is 2. The Hall–Kier alpha value is -2.34. The van der Waals surface area contributed by atoms with Crippen molar-refractivity contribution in [3.8, 4) is 0 Å². The number of carbonyl (C=O) groups excluding carboxylic acids is 4. The monoisotopic (exact) mass is 446 g/mol. The van der Waals surface area contributed by atoms with Gasteiger partial charge in [-0.1, -0.05) is 0 Å². The molecule has 0 radical (unpaired) electrons. The van der Waals surface area contributed by atoms with Crippen molar-refractivity contribution >= 4 is 41.5 Å². The first-order valence-corrected chi connectivity index (χ1v) is 10.3. The molecule has 0 aliphatic carbocycles. The Bertz CT molecular complexity index is 721. The van der Waals surface area contributed by atoms with Crippen molar-refractivity contribution in [2.75, 3.05) is 26.3 Å². The van der Waals surface area contributed by atoms with Crippen LogP contribution < -0.4 is 0 Å². The zero-order chi connectivity index (χ0) is 22.8. The second-order valence-electron chi connectivity index (χ2n) is 7.37. The highest BCUT2D eigenvalue weighted by Crippen LogP contribution is 2.54. The highest BCUT2D eigenvalue weighted by atomic mass is 32.2. The predicted molar refractivity (Wildman–Crippen MR) is 103 cm³/mol. The van der Waals surface area contributed by atoms with E-state index in [1.807, 2.05) is 0 Å². The first kappa shape index (κ1) is 23.9. The van der Waals surface area contributed by atoms with Crippen LogP contribution in [0.5, 0.6) is 0 Å². The third-order valence-corrected chi connectivity index (χ3v) is 6.46. The summed E-state index contributed by atoms with van der Waals surface area (Å²) in [6.45, 7) is 5.39. The molecule has 0 unspecified atom stereocenters. The molecule has 168 valence electrons. The number of hydrogen-bond donors (Lipinski definition) is 2. The van der Waals surface area contributed by atoms with Crippen molar-refractivity contribution in [1.29, 1.82) is 0 Å². The molecule has 2 aliphatic heterocycles. The minimum absolute atomic E-state index is 0.0588. The maximum absolute atomic E-state index is 12.8. The zero-order valence-corrected chi connectivity index (χ0v) is 18.0. The van der Waals surface area contributed by atoms with Gasteiger partial charge in [-0.3, -0.25) is 19.2 Å². The molecule has 0 aromatic rings. The van der Waals surface area contributed by atoms with Crippen LogP contribution in [0.1, 0.15) is 27.7 Å². The summed E-state index contributed by atoms with van der Waals surface area (Å²) in [5, 5.41) is 19.4. The van der Waals surface area contributed by atoms with Gasteiger partial charge in [0.2, 0.25) is 5.91 Å². The van der Waals surface area contributed by atoms with Gasteiger partial charge in [0.25, 0.3) is 5.91 Å². The molecule has 0 aromatic heterocycles. The topological polar surface area (TPSA) is 151 Å². The van der Waals surface area contributed by atoms with Crippen LogP contribution in [0.25, 0.3) is 0 Å². The van der Waals surface area contributed by atoms with E-state index < -0.39 is 71.0 Å². The van der Waals surface area contributed by atoms with Gasteiger partial charge >= 0.3 is 17.9 Å². The van der Waals surface area contributed by atoms with Crippen molar-refractivity contribution in [1.82, 2.24) is 9.80 Å². The molecule has 30 heavy (non-hydrogen) atoms. The Morgan fingerprint density at radius 3 is 2.07 bits per heavy atom. The standard InChI is InChI=1S/C18H26N2O9S/c1-5-28-9(21)7-19(8-10(22)29-6-2)15(25)12(23)11-14(24)20-13(17(26)27)18(3,4)30-16(11)20/h11-13,16,23H,5-8H2,1-4H3,(H,26,27)/t11-,12+,13+,16-/m1/s1. The Balaban J connectivity index is 2.18. The van der Waals surface area contributed by atoms with Gasteiger partial charge < -0.3 is 29.5 Å². The van der Waals surface area contributed by atoms with Gasteiger partial charge in [-0.05, 0) is 27.7 Å². The van der Waals surface area contributed by atoms with Gasteiger partial charge in [0, 0.05) is 4.75 Å². The fourth-order valence-corrected chi connectivity index (χ4v) is 5.33. The SMILES string of the molecule is CCOC(=O)CN(CC(=O)OCC)C(=O)[C@@H](O)[C@@H]1C(=O)N2[C@@H]1SC(C)(C)[C@@H]2C(=O)O. The normalized spacial score (nSPS) is 25.0. The van der Waals surface area contributed by atoms with E-state index in [1.165, 1.54) is 11.8 Å². The number of β-lactam (4-membered cyclic amide) rings is 1. The highest BCUT2D eigenvalue weighted by molar-refractivity contribution is 8.01. The fraction of sp³-hybridized carbons (Fsp3) is 0.722. The van der Waals surface area contributed by atoms with Crippen molar-refractivity contribution < 1.29 is 43.7 Å². The van der Waals surface area contributed by atoms with Crippen molar-refractivity contribution in [3.63, 3.8) is 0 Å². The summed E-state index contributed by atoms with van der Waals surface area (Å²) in [5.74, 6) is -5.60. The predicted octanol–water partition coefficient (Wildman–Crippen LogP) is -0.935. The van der Waals surface area contributed by atoms with Crippen LogP contribution in [0, 0.1) is 5.92 Å². The smallest absolute Gasteiger partial charge is 0.327 e. The summed E-state index contributed by atoms with van der Waals surface area (Å²) < 4.78 is 8.76. The van der Waals surface area contributed by atoms with Crippen LogP contribution in [0.15, 0.2) is 0 Å². The second-order valence-corrected chi connectivity index (χ2v) is 9.14. The van der Waals surface area contributed by atoms with Crippen molar-refractivity contribution in [2.24, 2.45) is 5.92 Å².